The molecule has 6 aliphatic rings. The smallest absolute Gasteiger partial charge is 0.314 e. The van der Waals surface area contributed by atoms with Crippen molar-refractivity contribution in [3.63, 3.8) is 0 Å². The molecule has 1 aliphatic carbocycles. The molecule has 9 atom stereocenters. The molecule has 9 unspecified atom stereocenters. The first-order chi connectivity index (χ1) is 54.9. The third kappa shape index (κ3) is 18.8. The molecule has 630 valence electrons. The fourth-order valence-electron chi connectivity index (χ4n) is 18.3. The maximum atomic E-state index is 14.3. The number of likely N-dealkylation sites (tertiary alicyclic amines) is 5. The summed E-state index contributed by atoms with van der Waals surface area (Å²) in [5.41, 5.74) is 20.5. The molecule has 8 heterocycles. The number of nitrogens with two attached hydrogens (primary N) is 2. The molecular formula is C91H117F3N14O9Si. The van der Waals surface area contributed by atoms with E-state index in [4.69, 9.17) is 25.7 Å². The number of aryl methyl sites for hydroxylation is 3. The van der Waals surface area contributed by atoms with Gasteiger partial charge in [-0.2, -0.15) is 0 Å². The summed E-state index contributed by atoms with van der Waals surface area (Å²) in [6.07, 6.45) is 20.4. The molecule has 0 bridgehead atoms. The second-order valence-corrected chi connectivity index (χ2v) is 36.9. The molecule has 23 nitrogen and oxygen atoms in total. The number of imidazole rings is 3. The minimum absolute atomic E-state index is 0. The lowest BCUT2D eigenvalue weighted by atomic mass is 9.68. The first-order valence-corrected chi connectivity index (χ1v) is 42.8. The lowest BCUT2D eigenvalue weighted by Crippen LogP contribution is -2.53. The fraction of sp³-hybridized carbons (Fsp3) is 0.440. The van der Waals surface area contributed by atoms with Crippen molar-refractivity contribution >= 4 is 44.1 Å². The normalized spacial score (nSPS) is 21.5. The Bertz CT molecular complexity index is 4840. The highest BCUT2D eigenvalue weighted by Gasteiger charge is 2.59. The molecule has 9 aromatic rings. The van der Waals surface area contributed by atoms with Crippen LogP contribution in [0.4, 0.5) is 22.8 Å². The predicted molar refractivity (Wildman–Crippen MR) is 455 cm³/mol. The van der Waals surface area contributed by atoms with Crippen molar-refractivity contribution < 1.29 is 56.1 Å². The number of rotatable bonds is 16. The van der Waals surface area contributed by atoms with Gasteiger partial charge in [-0.25, -0.2) is 47.2 Å². The van der Waals surface area contributed by atoms with Crippen LogP contribution in [0.5, 0.6) is 17.2 Å². The van der Waals surface area contributed by atoms with E-state index in [2.05, 4.69) is 44.7 Å². The van der Waals surface area contributed by atoms with Gasteiger partial charge >= 0.3 is 12.1 Å². The summed E-state index contributed by atoms with van der Waals surface area (Å²) in [5, 5.41) is 0. The Morgan fingerprint density at radius 2 is 0.771 bits per heavy atom. The zero-order valence-electron chi connectivity index (χ0n) is 67.7. The Hall–Kier alpha value is -11.3. The van der Waals surface area contributed by atoms with E-state index in [0.29, 0.717) is 50.5 Å². The van der Waals surface area contributed by atoms with Gasteiger partial charge in [0.1, 0.15) is 34.7 Å². The minimum atomic E-state index is -1.46. The molecule has 1 saturated carbocycles. The van der Waals surface area contributed by atoms with Crippen LogP contribution >= 0.6 is 0 Å². The average molecular weight is 1640 g/mol. The highest BCUT2D eigenvalue weighted by molar-refractivity contribution is 6.74. The molecule has 3 aromatic heterocycles. The number of carbonyl (C=O) groups is 5. The van der Waals surface area contributed by atoms with Gasteiger partial charge in [0.05, 0.1) is 109 Å². The third-order valence-corrected chi connectivity index (χ3v) is 25.0. The maximum Gasteiger partial charge on any atom is 0.314 e. The molecule has 0 radical (unpaired) electrons. The number of primary amides is 2. The molecule has 4 N–H and O–H groups in total. The molecule has 6 fully saturated rings. The number of isocyanates is 1. The maximum absolute atomic E-state index is 14.3. The standard InChI is InChI=1S/2C28H32FN5O3.C28H32FN3O2.C4H9NOSi.3CH4/c2*1-18-14-33(17-31-18)24-10-7-21(13-25(24)37-3)23-15-32(27(30)36)16-28(23)11-4-12-34(26(28)35)19(2)20-5-8-22(29)9-6-20;1-19-17-31(18-30-19)25-12-9-22(16-26(25)34-3)24-6-4-13-28(24)14-5-15-32(27(28)33)20(2)21-7-10-23(29)11-8-21;1-7(2,3)5-4-6;;;/h2*5-10,13-14,17,19,23H,4,11-12,15-16H2,1-3H3,(H2,30,36);7-12,16-18,20,24H,4-6,13-15H2,1-3H3;1-3H3;3*1H4. The average Bonchev–Trinajstić information content (AvgIpc) is 1.48. The Kier molecular flexibility index (Phi) is 29.1. The van der Waals surface area contributed by atoms with Crippen LogP contribution in [0.1, 0.15) is 187 Å². The van der Waals surface area contributed by atoms with Crippen LogP contribution < -0.4 is 25.7 Å². The number of urea groups is 2. The van der Waals surface area contributed by atoms with E-state index < -0.39 is 31.1 Å². The summed E-state index contributed by atoms with van der Waals surface area (Å²) in [4.78, 5) is 98.6. The van der Waals surface area contributed by atoms with Gasteiger partial charge < -0.3 is 63.9 Å². The van der Waals surface area contributed by atoms with Gasteiger partial charge in [0.2, 0.25) is 23.8 Å². The number of carbonyl (C=O) groups excluding carboxylic acids is 6. The van der Waals surface area contributed by atoms with Crippen molar-refractivity contribution in [1.82, 2.24) is 53.2 Å². The van der Waals surface area contributed by atoms with Crippen LogP contribution in [-0.4, -0.2) is 164 Å². The SMILES string of the molecule is C.C.C.COc1cc(C2CCCC23CCCN(C(C)c2ccc(F)cc2)C3=O)ccc1-n1cnc(C)c1.COc1cc(C2CN(C(N)=O)CC23CCCN(C(C)c2ccc(F)cc2)C3=O)ccc1-n1cnc(C)c1.COc1cc(C2CN(C(N)=O)CC23CCCN(C(C)c2ccc(F)cc2)C3=O)ccc1-n1cnc(C)c1.C[Si](C)(C)N=C=O. The summed E-state index contributed by atoms with van der Waals surface area (Å²) in [7, 11) is 3.46. The van der Waals surface area contributed by atoms with E-state index in [1.54, 1.807) is 92.6 Å². The van der Waals surface area contributed by atoms with Gasteiger partial charge in [0, 0.05) is 76.2 Å². The van der Waals surface area contributed by atoms with Crippen LogP contribution in [-0.2, 0) is 19.2 Å². The second kappa shape index (κ2) is 38.0. The van der Waals surface area contributed by atoms with Crippen LogP contribution in [0.25, 0.3) is 17.1 Å². The minimum Gasteiger partial charge on any atom is -0.495 e. The van der Waals surface area contributed by atoms with E-state index >= 15 is 0 Å². The van der Waals surface area contributed by atoms with Crippen LogP contribution in [0, 0.1) is 54.5 Å². The first-order valence-electron chi connectivity index (χ1n) is 39.4. The first kappa shape index (κ1) is 90.6. The van der Waals surface area contributed by atoms with Crippen molar-refractivity contribution in [1.29, 1.82) is 0 Å². The third-order valence-electron chi connectivity index (χ3n) is 24.2. The van der Waals surface area contributed by atoms with E-state index in [-0.39, 0.29) is 112 Å². The van der Waals surface area contributed by atoms with Gasteiger partial charge in [-0.3, -0.25) is 14.4 Å². The summed E-state index contributed by atoms with van der Waals surface area (Å²) in [6.45, 7) is 20.9. The quantitative estimate of drug-likeness (QED) is 0.0520. The number of hydrogen-bond acceptors (Lipinski definition) is 13. The number of hydrogen-bond donors (Lipinski definition) is 2. The van der Waals surface area contributed by atoms with Crippen LogP contribution in [0.2, 0.25) is 19.6 Å². The van der Waals surface area contributed by atoms with Crippen molar-refractivity contribution in [2.45, 2.75) is 177 Å². The van der Waals surface area contributed by atoms with Crippen LogP contribution in [0.15, 0.2) is 170 Å². The topological polar surface area (TPSA) is 264 Å². The largest absolute Gasteiger partial charge is 0.495 e. The highest BCUT2D eigenvalue weighted by Crippen LogP contribution is 2.57. The van der Waals surface area contributed by atoms with Crippen LogP contribution in [0.3, 0.4) is 0 Å². The fourth-order valence-corrected chi connectivity index (χ4v) is 18.6. The number of methoxy groups -OCH3 is 3. The molecule has 5 saturated heterocycles. The number of amides is 7. The Morgan fingerprint density at radius 1 is 0.475 bits per heavy atom. The number of piperidine rings is 3. The van der Waals surface area contributed by atoms with Gasteiger partial charge in [0.25, 0.3) is 0 Å². The Labute approximate surface area is 693 Å². The zero-order valence-corrected chi connectivity index (χ0v) is 68.7. The van der Waals surface area contributed by atoms with Crippen molar-refractivity contribution in [2.24, 2.45) is 32.4 Å². The molecule has 118 heavy (non-hydrogen) atoms. The number of aromatic nitrogens is 6. The summed E-state index contributed by atoms with van der Waals surface area (Å²) < 4.78 is 67.1. The molecule has 5 aliphatic heterocycles. The monoisotopic (exact) mass is 1630 g/mol. The zero-order chi connectivity index (χ0) is 82.4. The van der Waals surface area contributed by atoms with Crippen molar-refractivity contribution in [3.8, 4) is 34.3 Å². The summed E-state index contributed by atoms with van der Waals surface area (Å²) in [6, 6.07) is 35.7. The molecule has 15 rings (SSSR count). The van der Waals surface area contributed by atoms with Crippen molar-refractivity contribution in [2.75, 3.05) is 67.1 Å². The number of ether oxygens (including phenoxy) is 3. The van der Waals surface area contributed by atoms with Gasteiger partial charge in [-0.15, -0.1) is 0 Å². The Morgan fingerprint density at radius 3 is 1.04 bits per heavy atom. The summed E-state index contributed by atoms with van der Waals surface area (Å²) >= 11 is 0. The highest BCUT2D eigenvalue weighted by atomic mass is 28.3. The molecular weight excluding hydrogens is 1520 g/mol. The van der Waals surface area contributed by atoms with E-state index in [1.165, 1.54) is 42.0 Å². The molecule has 27 heteroatoms. The lowest BCUT2D eigenvalue weighted by molar-refractivity contribution is -0.150. The van der Waals surface area contributed by atoms with Gasteiger partial charge in [-0.05, 0) is 225 Å². The predicted octanol–water partition coefficient (Wildman–Crippen LogP) is 17.4. The molecule has 3 spiro atoms. The van der Waals surface area contributed by atoms with E-state index in [1.807, 2.05) is 138 Å². The molecule has 7 amide bonds. The van der Waals surface area contributed by atoms with E-state index in [9.17, 15) is 41.9 Å². The summed E-state index contributed by atoms with van der Waals surface area (Å²) in [5.74, 6) is 1.13. The van der Waals surface area contributed by atoms with Gasteiger partial charge in [-0.1, -0.05) is 83.3 Å². The lowest BCUT2D eigenvalue weighted by Gasteiger charge is -2.45. The number of halogens is 3. The molecule has 6 aromatic carbocycles. The number of benzene rings is 6. The second-order valence-electron chi connectivity index (χ2n) is 32.4. The van der Waals surface area contributed by atoms with Crippen molar-refractivity contribution in [3.05, 3.63) is 233 Å². The van der Waals surface area contributed by atoms with E-state index in [0.717, 1.165) is 119 Å². The number of nitrogens with zero attached hydrogens (tertiary/aromatic N) is 12. The Balaban J connectivity index is 0.000000191. The van der Waals surface area contributed by atoms with Gasteiger partial charge in [0.15, 0.2) is 8.24 Å².